The first-order chi connectivity index (χ1) is 8.35. The van der Waals surface area contributed by atoms with Crippen molar-refractivity contribution in [3.05, 3.63) is 23.8 Å². The Kier molecular flexibility index (Phi) is 4.51. The van der Waals surface area contributed by atoms with Gasteiger partial charge in [0.15, 0.2) is 0 Å². The van der Waals surface area contributed by atoms with Crippen LogP contribution in [0.5, 0.6) is 0 Å². The average molecular weight is 273 g/mol. The average Bonchev–Trinajstić information content (AvgIpc) is 2.28. The second-order valence-corrected chi connectivity index (χ2v) is 5.60. The van der Waals surface area contributed by atoms with Crippen molar-refractivity contribution < 1.29 is 18.3 Å². The molecule has 0 aliphatic rings. The minimum Gasteiger partial charge on any atom is -0.478 e. The number of carbonyl (C=O) groups is 1. The van der Waals surface area contributed by atoms with Crippen LogP contribution < -0.4 is 15.8 Å². The lowest BCUT2D eigenvalue weighted by molar-refractivity contribution is 0.0698. The van der Waals surface area contributed by atoms with Gasteiger partial charge in [-0.25, -0.2) is 17.9 Å². The number of benzene rings is 1. The zero-order valence-corrected chi connectivity index (χ0v) is 10.6. The van der Waals surface area contributed by atoms with Gasteiger partial charge in [-0.15, -0.1) is 0 Å². The number of aromatic carboxylic acids is 1. The highest BCUT2D eigenvalue weighted by atomic mass is 32.2. The van der Waals surface area contributed by atoms with Crippen molar-refractivity contribution in [2.45, 2.75) is 0 Å². The summed E-state index contributed by atoms with van der Waals surface area (Å²) in [5.74, 6) is -1.18. The highest BCUT2D eigenvalue weighted by Crippen LogP contribution is 2.17. The summed E-state index contributed by atoms with van der Waals surface area (Å²) in [7, 11) is -1.92. The number of hydrogen-bond acceptors (Lipinski definition) is 5. The van der Waals surface area contributed by atoms with Gasteiger partial charge in [-0.1, -0.05) is 0 Å². The highest BCUT2D eigenvalue weighted by molar-refractivity contribution is 7.89. The fourth-order valence-electron chi connectivity index (χ4n) is 1.30. The molecular weight excluding hydrogens is 258 g/mol. The Morgan fingerprint density at radius 1 is 1.44 bits per heavy atom. The Morgan fingerprint density at radius 3 is 2.61 bits per heavy atom. The predicted octanol–water partition coefficient (Wildman–Crippen LogP) is -0.0719. The molecule has 7 nitrogen and oxygen atoms in total. The van der Waals surface area contributed by atoms with Crippen LogP contribution in [0.2, 0.25) is 0 Å². The smallest absolute Gasteiger partial charge is 0.337 e. The third kappa shape index (κ3) is 3.90. The molecule has 18 heavy (non-hydrogen) atoms. The van der Waals surface area contributed by atoms with Gasteiger partial charge in [0.1, 0.15) is 0 Å². The van der Waals surface area contributed by atoms with Crippen LogP contribution in [-0.2, 0) is 10.0 Å². The lowest BCUT2D eigenvalue weighted by Crippen LogP contribution is -2.26. The number of nitrogen functional groups attached to an aromatic ring is 1. The van der Waals surface area contributed by atoms with Crippen molar-refractivity contribution >= 4 is 27.4 Å². The van der Waals surface area contributed by atoms with Gasteiger partial charge >= 0.3 is 5.97 Å². The molecule has 0 bridgehead atoms. The van der Waals surface area contributed by atoms with Crippen molar-refractivity contribution in [2.75, 3.05) is 30.4 Å². The Morgan fingerprint density at radius 2 is 2.11 bits per heavy atom. The largest absolute Gasteiger partial charge is 0.478 e. The van der Waals surface area contributed by atoms with Gasteiger partial charge in [0.25, 0.3) is 0 Å². The molecule has 0 aromatic heterocycles. The molecule has 1 aromatic carbocycles. The maximum Gasteiger partial charge on any atom is 0.337 e. The summed E-state index contributed by atoms with van der Waals surface area (Å²) in [6, 6.07) is 4.35. The second-order valence-electron chi connectivity index (χ2n) is 3.56. The number of nitrogens with one attached hydrogen (secondary N) is 2. The monoisotopic (exact) mass is 273 g/mol. The molecule has 0 fully saturated rings. The lowest BCUT2D eigenvalue weighted by Gasteiger charge is -2.08. The quantitative estimate of drug-likeness (QED) is 0.538. The molecule has 100 valence electrons. The number of nitrogens with two attached hydrogens (primary N) is 1. The van der Waals surface area contributed by atoms with E-state index in [9.17, 15) is 13.2 Å². The first kappa shape index (κ1) is 14.3. The van der Waals surface area contributed by atoms with Gasteiger partial charge in [0.2, 0.25) is 10.0 Å². The number of anilines is 2. The first-order valence-corrected chi connectivity index (χ1v) is 6.79. The Balaban J connectivity index is 2.65. The van der Waals surface area contributed by atoms with Crippen molar-refractivity contribution in [1.29, 1.82) is 0 Å². The second kappa shape index (κ2) is 5.69. The van der Waals surface area contributed by atoms with Crippen LogP contribution in [0, 0.1) is 0 Å². The van der Waals surface area contributed by atoms with Gasteiger partial charge in [0, 0.05) is 17.9 Å². The standard InChI is InChI=1S/C10H15N3O4S/c1-12-18(16,17)5-4-13-7-2-3-8(10(14)15)9(11)6-7/h2-3,6,12-13H,4-5,11H2,1H3,(H,14,15). The zero-order chi connectivity index (χ0) is 13.8. The van der Waals surface area contributed by atoms with Crippen LogP contribution in [0.3, 0.4) is 0 Å². The van der Waals surface area contributed by atoms with E-state index in [1.165, 1.54) is 25.2 Å². The summed E-state index contributed by atoms with van der Waals surface area (Å²) in [5.41, 5.74) is 6.27. The van der Waals surface area contributed by atoms with Gasteiger partial charge in [-0.3, -0.25) is 0 Å². The topological polar surface area (TPSA) is 122 Å². The third-order valence-electron chi connectivity index (χ3n) is 2.29. The SMILES string of the molecule is CNS(=O)(=O)CCNc1ccc(C(=O)O)c(N)c1. The number of rotatable bonds is 6. The predicted molar refractivity (Wildman–Crippen MR) is 69.1 cm³/mol. The fourth-order valence-corrected chi connectivity index (χ4v) is 1.87. The first-order valence-electron chi connectivity index (χ1n) is 5.13. The molecule has 0 radical (unpaired) electrons. The van der Waals surface area contributed by atoms with Crippen molar-refractivity contribution in [1.82, 2.24) is 4.72 Å². The molecule has 0 spiro atoms. The molecule has 0 saturated carbocycles. The van der Waals surface area contributed by atoms with E-state index < -0.39 is 16.0 Å². The number of sulfonamides is 1. The molecule has 0 aliphatic carbocycles. The van der Waals surface area contributed by atoms with E-state index in [4.69, 9.17) is 10.8 Å². The molecule has 5 N–H and O–H groups in total. The molecule has 0 heterocycles. The summed E-state index contributed by atoms with van der Waals surface area (Å²) in [6.45, 7) is 0.203. The van der Waals surface area contributed by atoms with Crippen LogP contribution in [-0.4, -0.2) is 38.8 Å². The maximum absolute atomic E-state index is 11.1. The molecule has 1 aromatic rings. The van der Waals surface area contributed by atoms with Gasteiger partial charge < -0.3 is 16.2 Å². The Hall–Kier alpha value is -1.80. The minimum atomic E-state index is -3.26. The van der Waals surface area contributed by atoms with E-state index in [0.29, 0.717) is 5.69 Å². The van der Waals surface area contributed by atoms with E-state index in [-0.39, 0.29) is 23.5 Å². The molecule has 0 amide bonds. The van der Waals surface area contributed by atoms with Gasteiger partial charge in [0.05, 0.1) is 11.3 Å². The number of carboxylic acids is 1. The molecule has 0 atom stereocenters. The molecular formula is C10H15N3O4S. The number of carboxylic acid groups (broad SMARTS) is 1. The van der Waals surface area contributed by atoms with E-state index in [0.717, 1.165) is 0 Å². The normalized spacial score (nSPS) is 11.2. The summed E-state index contributed by atoms with van der Waals surface area (Å²) in [5, 5.41) is 11.6. The number of hydrogen-bond donors (Lipinski definition) is 4. The van der Waals surface area contributed by atoms with E-state index in [1.54, 1.807) is 0 Å². The summed E-state index contributed by atoms with van der Waals surface area (Å²) in [6.07, 6.45) is 0. The van der Waals surface area contributed by atoms with Crippen LogP contribution in [0.25, 0.3) is 0 Å². The minimum absolute atomic E-state index is 0.0170. The van der Waals surface area contributed by atoms with Gasteiger partial charge in [-0.05, 0) is 25.2 Å². The van der Waals surface area contributed by atoms with Crippen LogP contribution >= 0.6 is 0 Å². The van der Waals surface area contributed by atoms with E-state index in [2.05, 4.69) is 10.0 Å². The Labute approximate surface area is 105 Å². The maximum atomic E-state index is 11.1. The molecule has 0 saturated heterocycles. The van der Waals surface area contributed by atoms with E-state index >= 15 is 0 Å². The van der Waals surface area contributed by atoms with Crippen LogP contribution in [0.15, 0.2) is 18.2 Å². The van der Waals surface area contributed by atoms with Crippen molar-refractivity contribution in [3.63, 3.8) is 0 Å². The molecule has 8 heteroatoms. The van der Waals surface area contributed by atoms with Crippen molar-refractivity contribution in [2.24, 2.45) is 0 Å². The fraction of sp³-hybridized carbons (Fsp3) is 0.300. The highest BCUT2D eigenvalue weighted by Gasteiger charge is 2.09. The summed E-state index contributed by atoms with van der Waals surface area (Å²) in [4.78, 5) is 10.7. The summed E-state index contributed by atoms with van der Waals surface area (Å²) < 4.78 is 24.5. The zero-order valence-electron chi connectivity index (χ0n) is 9.80. The van der Waals surface area contributed by atoms with E-state index in [1.807, 2.05) is 0 Å². The third-order valence-corrected chi connectivity index (χ3v) is 3.66. The Bertz CT molecular complexity index is 542. The van der Waals surface area contributed by atoms with Crippen molar-refractivity contribution in [3.8, 4) is 0 Å². The molecule has 0 aliphatic heterocycles. The molecule has 1 rings (SSSR count). The molecule has 0 unspecified atom stereocenters. The lowest BCUT2D eigenvalue weighted by atomic mass is 10.1. The van der Waals surface area contributed by atoms with Crippen LogP contribution in [0.4, 0.5) is 11.4 Å². The van der Waals surface area contributed by atoms with Crippen LogP contribution in [0.1, 0.15) is 10.4 Å². The summed E-state index contributed by atoms with van der Waals surface area (Å²) >= 11 is 0. The van der Waals surface area contributed by atoms with Gasteiger partial charge in [-0.2, -0.15) is 0 Å².